The number of hydrogen-bond donors (Lipinski definition) is 4. The molecule has 3 aliphatic rings. The summed E-state index contributed by atoms with van der Waals surface area (Å²) in [5.41, 5.74) is 6.26. The third-order valence-corrected chi connectivity index (χ3v) is 7.21. The van der Waals surface area contributed by atoms with Gasteiger partial charge in [-0.15, -0.1) is 0 Å². The molecule has 5 N–H and O–H groups in total. The minimum Gasteiger partial charge on any atom is -0.426 e. The number of nitrogens with zero attached hydrogens (tertiary/aromatic N) is 2. The molecule has 2 heterocycles. The van der Waals surface area contributed by atoms with Gasteiger partial charge in [-0.05, 0) is 43.9 Å². The molecule has 2 aliphatic heterocycles. The van der Waals surface area contributed by atoms with E-state index in [1.54, 1.807) is 4.90 Å². The molecule has 3 rings (SSSR count). The number of likely N-dealkylation sites (tertiary alicyclic amines) is 2. The summed E-state index contributed by atoms with van der Waals surface area (Å²) in [7, 11) is -1.60. The highest BCUT2D eigenvalue weighted by molar-refractivity contribution is 6.43. The molecule has 174 valence electrons. The Morgan fingerprint density at radius 1 is 0.935 bits per heavy atom. The highest BCUT2D eigenvalue weighted by Gasteiger charge is 2.44. The lowest BCUT2D eigenvalue weighted by Crippen LogP contribution is -2.65. The van der Waals surface area contributed by atoms with Gasteiger partial charge in [-0.1, -0.05) is 33.1 Å². The predicted octanol–water partition coefficient (Wildman–Crippen LogP) is -0.361. The molecule has 10 heteroatoms. The molecular formula is C21H37BN4O5. The molecule has 2 saturated heterocycles. The lowest BCUT2D eigenvalue weighted by Gasteiger charge is -2.43. The fourth-order valence-electron chi connectivity index (χ4n) is 5.13. The molecule has 3 amide bonds. The molecule has 0 radical (unpaired) electrons. The van der Waals surface area contributed by atoms with Gasteiger partial charge in [0.15, 0.2) is 0 Å². The van der Waals surface area contributed by atoms with Gasteiger partial charge in [0.2, 0.25) is 17.7 Å². The second-order valence-electron chi connectivity index (χ2n) is 9.65. The third kappa shape index (κ3) is 5.23. The number of carbonyl (C=O) groups excluding carboxylic acids is 3. The van der Waals surface area contributed by atoms with Crippen LogP contribution in [0.4, 0.5) is 0 Å². The average molecular weight is 436 g/mol. The van der Waals surface area contributed by atoms with E-state index in [9.17, 15) is 24.4 Å². The van der Waals surface area contributed by atoms with E-state index in [1.165, 1.54) is 11.3 Å². The minimum absolute atomic E-state index is 0.172. The van der Waals surface area contributed by atoms with Crippen LogP contribution in [0, 0.1) is 11.8 Å². The van der Waals surface area contributed by atoms with Gasteiger partial charge in [0.05, 0.1) is 12.0 Å². The zero-order valence-electron chi connectivity index (χ0n) is 18.7. The number of hydrogen-bond acceptors (Lipinski definition) is 6. The third-order valence-electron chi connectivity index (χ3n) is 7.21. The Kier molecular flexibility index (Phi) is 7.99. The first-order chi connectivity index (χ1) is 14.7. The van der Waals surface area contributed by atoms with Crippen LogP contribution in [0.1, 0.15) is 65.2 Å². The van der Waals surface area contributed by atoms with Crippen LogP contribution in [0.15, 0.2) is 0 Å². The summed E-state index contributed by atoms with van der Waals surface area (Å²) >= 11 is 0. The van der Waals surface area contributed by atoms with Crippen molar-refractivity contribution in [3.63, 3.8) is 0 Å². The Bertz CT molecular complexity index is 670. The molecular weight excluding hydrogens is 399 g/mol. The van der Waals surface area contributed by atoms with Crippen molar-refractivity contribution in [3.05, 3.63) is 0 Å². The molecule has 0 aromatic carbocycles. The molecule has 31 heavy (non-hydrogen) atoms. The van der Waals surface area contributed by atoms with Crippen LogP contribution in [0.3, 0.4) is 0 Å². The molecule has 4 atom stereocenters. The number of amides is 3. The van der Waals surface area contributed by atoms with Crippen LogP contribution in [-0.2, 0) is 14.4 Å². The average Bonchev–Trinajstić information content (AvgIpc) is 3.21. The lowest BCUT2D eigenvalue weighted by atomic mass is 9.77. The van der Waals surface area contributed by atoms with Crippen LogP contribution in [0.5, 0.6) is 0 Å². The van der Waals surface area contributed by atoms with Crippen molar-refractivity contribution in [3.8, 4) is 0 Å². The quantitative estimate of drug-likeness (QED) is 0.403. The summed E-state index contributed by atoms with van der Waals surface area (Å²) in [6, 6.07) is -1.96. The summed E-state index contributed by atoms with van der Waals surface area (Å²) in [6.45, 7) is 4.62. The monoisotopic (exact) mass is 436 g/mol. The maximum absolute atomic E-state index is 13.1. The predicted molar refractivity (Wildman–Crippen MR) is 116 cm³/mol. The number of carbonyl (C=O) groups is 3. The molecule has 1 unspecified atom stereocenters. The first-order valence-electron chi connectivity index (χ1n) is 11.8. The zero-order valence-corrected chi connectivity index (χ0v) is 18.7. The SMILES string of the molecule is CC(C)[C@H](NC(=O)[C@@H]1CCN1C(=O)[C@@H](N)C1CCCCC1)C(=O)N1CCCC1B(O)O. The van der Waals surface area contributed by atoms with Gasteiger partial charge in [0.25, 0.3) is 0 Å². The molecule has 1 saturated carbocycles. The minimum atomic E-state index is -1.60. The largest absolute Gasteiger partial charge is 0.475 e. The highest BCUT2D eigenvalue weighted by atomic mass is 16.4. The fourth-order valence-corrected chi connectivity index (χ4v) is 5.13. The molecule has 3 fully saturated rings. The number of rotatable bonds is 7. The summed E-state index contributed by atoms with van der Waals surface area (Å²) in [4.78, 5) is 42.0. The van der Waals surface area contributed by atoms with Crippen molar-refractivity contribution < 1.29 is 24.4 Å². The van der Waals surface area contributed by atoms with Crippen molar-refractivity contribution >= 4 is 24.8 Å². The van der Waals surface area contributed by atoms with Crippen molar-refractivity contribution in [2.45, 2.75) is 89.3 Å². The van der Waals surface area contributed by atoms with Crippen molar-refractivity contribution in [2.24, 2.45) is 17.6 Å². The second-order valence-corrected chi connectivity index (χ2v) is 9.65. The van der Waals surface area contributed by atoms with E-state index in [0.717, 1.165) is 25.7 Å². The summed E-state index contributed by atoms with van der Waals surface area (Å²) < 4.78 is 0. The Morgan fingerprint density at radius 2 is 1.61 bits per heavy atom. The maximum atomic E-state index is 13.1. The van der Waals surface area contributed by atoms with Crippen LogP contribution in [0.2, 0.25) is 0 Å². The van der Waals surface area contributed by atoms with E-state index in [2.05, 4.69) is 5.32 Å². The van der Waals surface area contributed by atoms with E-state index in [4.69, 9.17) is 5.73 Å². The first-order valence-corrected chi connectivity index (χ1v) is 11.8. The highest BCUT2D eigenvalue weighted by Crippen LogP contribution is 2.29. The van der Waals surface area contributed by atoms with E-state index >= 15 is 0 Å². The fraction of sp³-hybridized carbons (Fsp3) is 0.857. The van der Waals surface area contributed by atoms with Gasteiger partial charge >= 0.3 is 7.12 Å². The molecule has 0 aromatic heterocycles. The molecule has 1 aliphatic carbocycles. The van der Waals surface area contributed by atoms with Gasteiger partial charge in [-0.2, -0.15) is 0 Å². The Hall–Kier alpha value is -1.65. The van der Waals surface area contributed by atoms with E-state index in [0.29, 0.717) is 32.4 Å². The maximum Gasteiger partial charge on any atom is 0.475 e. The van der Waals surface area contributed by atoms with Gasteiger partial charge in [-0.25, -0.2) is 0 Å². The van der Waals surface area contributed by atoms with Gasteiger partial charge in [0.1, 0.15) is 12.1 Å². The Morgan fingerprint density at radius 3 is 2.16 bits per heavy atom. The zero-order chi connectivity index (χ0) is 22.7. The van der Waals surface area contributed by atoms with E-state index in [-0.39, 0.29) is 29.6 Å². The van der Waals surface area contributed by atoms with Crippen LogP contribution in [0.25, 0.3) is 0 Å². The van der Waals surface area contributed by atoms with Crippen molar-refractivity contribution in [1.29, 1.82) is 0 Å². The smallest absolute Gasteiger partial charge is 0.426 e. The molecule has 0 bridgehead atoms. The molecule has 0 spiro atoms. The van der Waals surface area contributed by atoms with Crippen LogP contribution in [-0.4, -0.2) is 81.8 Å². The van der Waals surface area contributed by atoms with Gasteiger partial charge in [-0.3, -0.25) is 14.4 Å². The normalized spacial score (nSPS) is 26.4. The Labute approximate surface area is 184 Å². The van der Waals surface area contributed by atoms with E-state index < -0.39 is 31.2 Å². The summed E-state index contributed by atoms with van der Waals surface area (Å²) in [5.74, 6) is -1.48. The molecule has 9 nitrogen and oxygen atoms in total. The number of nitrogens with two attached hydrogens (primary N) is 1. The van der Waals surface area contributed by atoms with E-state index in [1.807, 2.05) is 13.8 Å². The summed E-state index contributed by atoms with van der Waals surface area (Å²) in [6.07, 6.45) is 7.03. The van der Waals surface area contributed by atoms with Gasteiger partial charge < -0.3 is 30.9 Å². The molecule has 0 aromatic rings. The standard InChI is InChI=1S/C21H37BN4O5/c1-13(2)18(21(29)26-11-6-9-16(26)22(30)31)24-19(27)15-10-12-25(15)20(28)17(23)14-7-4-3-5-8-14/h13-18,30-31H,3-12,23H2,1-2H3,(H,24,27)/t15-,16?,17-,18-/m0/s1. The Balaban J connectivity index is 1.61. The topological polar surface area (TPSA) is 136 Å². The summed E-state index contributed by atoms with van der Waals surface area (Å²) in [5, 5.41) is 22.0. The van der Waals surface area contributed by atoms with Crippen molar-refractivity contribution in [2.75, 3.05) is 13.1 Å². The van der Waals surface area contributed by atoms with Crippen LogP contribution < -0.4 is 11.1 Å². The van der Waals surface area contributed by atoms with Crippen LogP contribution >= 0.6 is 0 Å². The van der Waals surface area contributed by atoms with Gasteiger partial charge in [0, 0.05) is 13.1 Å². The lowest BCUT2D eigenvalue weighted by molar-refractivity contribution is -0.151. The first kappa shape index (κ1) is 24.0. The van der Waals surface area contributed by atoms with Crippen molar-refractivity contribution in [1.82, 2.24) is 15.1 Å². The second kappa shape index (κ2) is 10.3. The number of nitrogens with one attached hydrogen (secondary N) is 1.